The fourth-order valence-corrected chi connectivity index (χ4v) is 4.29. The first kappa shape index (κ1) is 18.0. The maximum atomic E-state index is 12.9. The number of nitrogens with zero attached hydrogens (tertiary/aromatic N) is 3. The molecule has 2 aromatic rings. The van der Waals surface area contributed by atoms with Gasteiger partial charge in [0.2, 0.25) is 5.91 Å². The molecule has 1 aliphatic carbocycles. The number of carbonyl (C=O) groups excluding carboxylic acids is 2. The van der Waals surface area contributed by atoms with Crippen molar-refractivity contribution in [3.05, 3.63) is 35.8 Å². The van der Waals surface area contributed by atoms with Gasteiger partial charge in [-0.25, -0.2) is 4.98 Å². The molecule has 1 atom stereocenters. The van der Waals surface area contributed by atoms with E-state index in [1.165, 1.54) is 19.3 Å². The van der Waals surface area contributed by atoms with Crippen molar-refractivity contribution in [2.24, 2.45) is 5.92 Å². The zero-order valence-electron chi connectivity index (χ0n) is 16.0. The number of aryl methyl sites for hydroxylation is 1. The molecule has 0 aromatic carbocycles. The smallest absolute Gasteiger partial charge is 0.274 e. The Balaban J connectivity index is 1.41. The lowest BCUT2D eigenvalue weighted by Crippen LogP contribution is -2.48. The molecular formula is C21H28N4O2. The van der Waals surface area contributed by atoms with Crippen LogP contribution < -0.4 is 5.32 Å². The number of fused-ring (bicyclic) bond motifs is 1. The van der Waals surface area contributed by atoms with E-state index in [4.69, 9.17) is 0 Å². The van der Waals surface area contributed by atoms with Crippen LogP contribution in [0.2, 0.25) is 0 Å². The molecule has 6 nitrogen and oxygen atoms in total. The average molecular weight is 368 g/mol. The second-order valence-corrected chi connectivity index (χ2v) is 8.03. The summed E-state index contributed by atoms with van der Waals surface area (Å²) in [6.07, 6.45) is 11.3. The Morgan fingerprint density at radius 3 is 2.78 bits per heavy atom. The van der Waals surface area contributed by atoms with Crippen LogP contribution in [0.15, 0.2) is 24.5 Å². The highest BCUT2D eigenvalue weighted by molar-refractivity contribution is 5.93. The monoisotopic (exact) mass is 368 g/mol. The Labute approximate surface area is 159 Å². The molecular weight excluding hydrogens is 340 g/mol. The molecule has 2 fully saturated rings. The lowest BCUT2D eigenvalue weighted by molar-refractivity contribution is -0.127. The average Bonchev–Trinajstić information content (AvgIpc) is 3.11. The van der Waals surface area contributed by atoms with E-state index in [0.29, 0.717) is 24.8 Å². The topological polar surface area (TPSA) is 66.7 Å². The third-order valence-corrected chi connectivity index (χ3v) is 5.87. The molecule has 2 aliphatic rings. The van der Waals surface area contributed by atoms with Crippen molar-refractivity contribution in [2.45, 2.75) is 57.9 Å². The molecule has 27 heavy (non-hydrogen) atoms. The summed E-state index contributed by atoms with van der Waals surface area (Å²) in [5, 5.41) is 3.22. The Hall–Kier alpha value is -2.37. The first-order valence-corrected chi connectivity index (χ1v) is 10.1. The standard InChI is InChI=1S/C21H28N4O2/c1-15-9-11-24-14-18(23-19(24)12-15)21(27)25-10-5-6-16(13-25)20(26)22-17-7-3-2-4-8-17/h9,11-12,14,16-17H,2-8,10,13H2,1H3,(H,22,26). The number of aromatic nitrogens is 2. The van der Waals surface area contributed by atoms with Crippen LogP contribution in [0.4, 0.5) is 0 Å². The van der Waals surface area contributed by atoms with Gasteiger partial charge in [0.05, 0.1) is 5.92 Å². The maximum Gasteiger partial charge on any atom is 0.274 e. The first-order chi connectivity index (χ1) is 13.1. The number of hydrogen-bond donors (Lipinski definition) is 1. The van der Waals surface area contributed by atoms with Crippen LogP contribution in [-0.2, 0) is 4.79 Å². The summed E-state index contributed by atoms with van der Waals surface area (Å²) < 4.78 is 1.87. The molecule has 0 spiro atoms. The van der Waals surface area contributed by atoms with Gasteiger partial charge in [0.15, 0.2) is 0 Å². The molecule has 2 aromatic heterocycles. The summed E-state index contributed by atoms with van der Waals surface area (Å²) in [5.74, 6) is -0.0690. The number of imidazole rings is 1. The summed E-state index contributed by atoms with van der Waals surface area (Å²) in [6, 6.07) is 4.28. The molecule has 1 saturated carbocycles. The predicted molar refractivity (Wildman–Crippen MR) is 104 cm³/mol. The quantitative estimate of drug-likeness (QED) is 0.906. The van der Waals surface area contributed by atoms with Gasteiger partial charge in [-0.15, -0.1) is 0 Å². The lowest BCUT2D eigenvalue weighted by atomic mass is 9.93. The normalized spacial score (nSPS) is 21.4. The van der Waals surface area contributed by atoms with Gasteiger partial charge in [-0.1, -0.05) is 19.3 Å². The first-order valence-electron chi connectivity index (χ1n) is 10.1. The summed E-state index contributed by atoms with van der Waals surface area (Å²) in [6.45, 7) is 3.19. The predicted octanol–water partition coefficient (Wildman–Crippen LogP) is 2.94. The van der Waals surface area contributed by atoms with Crippen molar-refractivity contribution in [3.8, 4) is 0 Å². The number of rotatable bonds is 3. The van der Waals surface area contributed by atoms with Crippen LogP contribution in [0.1, 0.15) is 61.0 Å². The summed E-state index contributed by atoms with van der Waals surface area (Å²) in [7, 11) is 0. The van der Waals surface area contributed by atoms with Gasteiger partial charge in [-0.3, -0.25) is 9.59 Å². The number of hydrogen-bond acceptors (Lipinski definition) is 3. The molecule has 1 saturated heterocycles. The molecule has 1 aliphatic heterocycles. The lowest BCUT2D eigenvalue weighted by Gasteiger charge is -2.33. The van der Waals surface area contributed by atoms with Gasteiger partial charge in [0.25, 0.3) is 5.91 Å². The van der Waals surface area contributed by atoms with Crippen LogP contribution >= 0.6 is 0 Å². The highest BCUT2D eigenvalue weighted by atomic mass is 16.2. The Morgan fingerprint density at radius 1 is 1.15 bits per heavy atom. The van der Waals surface area contributed by atoms with Crippen molar-refractivity contribution < 1.29 is 9.59 Å². The zero-order chi connectivity index (χ0) is 18.8. The number of nitrogens with one attached hydrogen (secondary N) is 1. The van der Waals surface area contributed by atoms with Crippen LogP contribution in [0.3, 0.4) is 0 Å². The van der Waals surface area contributed by atoms with E-state index in [0.717, 1.165) is 36.9 Å². The fourth-order valence-electron chi connectivity index (χ4n) is 4.29. The second kappa shape index (κ2) is 7.71. The maximum absolute atomic E-state index is 12.9. The fraction of sp³-hybridized carbons (Fsp3) is 0.571. The van der Waals surface area contributed by atoms with Gasteiger partial charge in [0, 0.05) is 31.5 Å². The SMILES string of the molecule is Cc1ccn2cc(C(=O)N3CCCC(C(=O)NC4CCCCC4)C3)nc2c1. The number of piperidine rings is 1. The van der Waals surface area contributed by atoms with E-state index in [9.17, 15) is 9.59 Å². The number of likely N-dealkylation sites (tertiary alicyclic amines) is 1. The Kier molecular flexibility index (Phi) is 5.14. The van der Waals surface area contributed by atoms with E-state index in [1.807, 2.05) is 29.7 Å². The Bertz CT molecular complexity index is 838. The highest BCUT2D eigenvalue weighted by Crippen LogP contribution is 2.22. The van der Waals surface area contributed by atoms with E-state index in [-0.39, 0.29) is 17.7 Å². The molecule has 1 unspecified atom stereocenters. The van der Waals surface area contributed by atoms with E-state index in [1.54, 1.807) is 11.1 Å². The molecule has 2 amide bonds. The zero-order valence-corrected chi connectivity index (χ0v) is 16.0. The van der Waals surface area contributed by atoms with Crippen LogP contribution in [0.5, 0.6) is 0 Å². The van der Waals surface area contributed by atoms with Gasteiger partial charge < -0.3 is 14.6 Å². The summed E-state index contributed by atoms with van der Waals surface area (Å²) in [4.78, 5) is 31.9. The molecule has 1 N–H and O–H groups in total. The van der Waals surface area contributed by atoms with E-state index >= 15 is 0 Å². The van der Waals surface area contributed by atoms with Crippen LogP contribution in [0.25, 0.3) is 5.65 Å². The molecule has 3 heterocycles. The van der Waals surface area contributed by atoms with Crippen molar-refractivity contribution in [1.82, 2.24) is 19.6 Å². The van der Waals surface area contributed by atoms with Crippen molar-refractivity contribution in [3.63, 3.8) is 0 Å². The third-order valence-electron chi connectivity index (χ3n) is 5.87. The number of carbonyl (C=O) groups is 2. The minimum Gasteiger partial charge on any atom is -0.353 e. The van der Waals surface area contributed by atoms with Crippen molar-refractivity contribution in [2.75, 3.05) is 13.1 Å². The second-order valence-electron chi connectivity index (χ2n) is 8.03. The van der Waals surface area contributed by atoms with Crippen molar-refractivity contribution >= 4 is 17.5 Å². The molecule has 0 radical (unpaired) electrons. The molecule has 144 valence electrons. The van der Waals surface area contributed by atoms with Gasteiger partial charge >= 0.3 is 0 Å². The van der Waals surface area contributed by atoms with E-state index in [2.05, 4.69) is 10.3 Å². The summed E-state index contributed by atoms with van der Waals surface area (Å²) in [5.41, 5.74) is 2.35. The van der Waals surface area contributed by atoms with Crippen LogP contribution in [0, 0.1) is 12.8 Å². The largest absolute Gasteiger partial charge is 0.353 e. The van der Waals surface area contributed by atoms with Crippen molar-refractivity contribution in [1.29, 1.82) is 0 Å². The van der Waals surface area contributed by atoms with Crippen LogP contribution in [-0.4, -0.2) is 45.2 Å². The summed E-state index contributed by atoms with van der Waals surface area (Å²) >= 11 is 0. The number of pyridine rings is 1. The Morgan fingerprint density at radius 2 is 1.96 bits per heavy atom. The molecule has 4 rings (SSSR count). The van der Waals surface area contributed by atoms with E-state index < -0.39 is 0 Å². The van der Waals surface area contributed by atoms with Gasteiger partial charge in [-0.05, 0) is 50.3 Å². The highest BCUT2D eigenvalue weighted by Gasteiger charge is 2.31. The number of amides is 2. The third kappa shape index (κ3) is 3.99. The molecule has 0 bridgehead atoms. The van der Waals surface area contributed by atoms with Gasteiger partial charge in [-0.2, -0.15) is 0 Å². The van der Waals surface area contributed by atoms with Gasteiger partial charge in [0.1, 0.15) is 11.3 Å². The molecule has 6 heteroatoms. The minimum atomic E-state index is -0.107. The minimum absolute atomic E-state index is 0.0773.